The molecule has 0 heterocycles. The molecule has 0 N–H and O–H groups in total. The number of fused-ring (bicyclic) bond motifs is 2. The van der Waals surface area contributed by atoms with Crippen LogP contribution in [0.25, 0.3) is 34.4 Å². The topological polar surface area (TPSA) is 0 Å². The van der Waals surface area contributed by atoms with Gasteiger partial charge in [-0.2, -0.15) is 0 Å². The minimum Gasteiger partial charge on any atom is -0.0656 e. The first-order valence-electron chi connectivity index (χ1n) is 16.0. The smallest absolute Gasteiger partial charge is 0.0656 e. The lowest BCUT2D eigenvalue weighted by Crippen LogP contribution is -2.37. The normalized spacial score (nSPS) is 17.9. The summed E-state index contributed by atoms with van der Waals surface area (Å²) in [5.41, 5.74) is 14.5. The maximum Gasteiger partial charge on any atom is 0.0775 e. The molecule has 0 amide bonds. The highest BCUT2D eigenvalue weighted by Crippen LogP contribution is 2.45. The van der Waals surface area contributed by atoms with Crippen LogP contribution in [-0.4, -0.2) is 25.7 Å². The van der Waals surface area contributed by atoms with Gasteiger partial charge < -0.3 is 0 Å². The molecule has 2 radical (unpaired) electrons. The number of rotatable bonds is 8. The van der Waals surface area contributed by atoms with Crippen molar-refractivity contribution in [3.63, 3.8) is 0 Å². The van der Waals surface area contributed by atoms with Crippen LogP contribution in [0.2, 0.25) is 51.4 Å². The molecule has 0 bridgehead atoms. The van der Waals surface area contributed by atoms with Crippen molar-refractivity contribution in [1.82, 2.24) is 0 Å². The fraction of sp³-hybridized carbons (Fsp3) is 0.300. The van der Waals surface area contributed by atoms with E-state index in [0.717, 1.165) is 9.52 Å². The zero-order valence-corrected chi connectivity index (χ0v) is 30.3. The molecular formula is C40H46Si3. The SMILES string of the molecule is CC1=Cc2c(-c3ccc([Si](C)(C)C)cc3)cccc2C1C[Si]CC1C(C)=Cc2c(-c3ccc([Si](C)(C)C)cc3)cccc21. The third-order valence-corrected chi connectivity index (χ3v) is 15.2. The van der Waals surface area contributed by atoms with Crippen molar-refractivity contribution in [3.05, 3.63) is 118 Å². The van der Waals surface area contributed by atoms with E-state index in [2.05, 4.69) is 150 Å². The standard InChI is InChI=1S/C40H46Si3/c1-27-23-37-33(29-15-19-31(20-16-29)42(3,4)5)11-9-13-35(37)39(27)25-41-26-40-28(2)24-38-34(12-10-14-36(38)40)30-17-21-32(22-18-30)43(6,7)8/h9-24,39-40H,25-26H2,1-8H3. The van der Waals surface area contributed by atoms with E-state index in [0.29, 0.717) is 11.8 Å². The van der Waals surface area contributed by atoms with E-state index in [-0.39, 0.29) is 0 Å². The first kappa shape index (κ1) is 30.1. The van der Waals surface area contributed by atoms with E-state index in [1.165, 1.54) is 78.1 Å². The second kappa shape index (κ2) is 11.5. The highest BCUT2D eigenvalue weighted by atomic mass is 28.3. The third kappa shape index (κ3) is 5.92. The van der Waals surface area contributed by atoms with E-state index in [9.17, 15) is 0 Å². The molecule has 0 saturated heterocycles. The molecule has 2 atom stereocenters. The molecule has 0 nitrogen and oxygen atoms in total. The van der Waals surface area contributed by atoms with Crippen LogP contribution < -0.4 is 10.4 Å². The van der Waals surface area contributed by atoms with Gasteiger partial charge in [0.1, 0.15) is 0 Å². The van der Waals surface area contributed by atoms with E-state index < -0.39 is 16.1 Å². The monoisotopic (exact) mass is 610 g/mol. The van der Waals surface area contributed by atoms with Gasteiger partial charge in [-0.3, -0.25) is 0 Å². The van der Waals surface area contributed by atoms with Gasteiger partial charge in [-0.05, 0) is 58.4 Å². The molecule has 0 spiro atoms. The van der Waals surface area contributed by atoms with Crippen molar-refractivity contribution < 1.29 is 0 Å². The molecule has 4 aromatic carbocycles. The minimum absolute atomic E-state index is 0.538. The molecule has 2 unspecified atom stereocenters. The van der Waals surface area contributed by atoms with Crippen molar-refractivity contribution in [2.24, 2.45) is 0 Å². The first-order chi connectivity index (χ1) is 20.4. The Kier molecular flexibility index (Phi) is 8.04. The Morgan fingerprint density at radius 2 is 0.884 bits per heavy atom. The Morgan fingerprint density at radius 3 is 1.23 bits per heavy atom. The molecule has 218 valence electrons. The van der Waals surface area contributed by atoms with Gasteiger partial charge in [-0.15, -0.1) is 0 Å². The zero-order valence-electron chi connectivity index (χ0n) is 27.3. The van der Waals surface area contributed by atoms with Gasteiger partial charge in [0.2, 0.25) is 0 Å². The molecule has 6 rings (SSSR count). The van der Waals surface area contributed by atoms with Crippen LogP contribution in [0.5, 0.6) is 0 Å². The van der Waals surface area contributed by atoms with Crippen LogP contribution in [0.1, 0.15) is 47.9 Å². The summed E-state index contributed by atoms with van der Waals surface area (Å²) >= 11 is 0. The highest BCUT2D eigenvalue weighted by molar-refractivity contribution is 6.89. The molecule has 3 heteroatoms. The predicted molar refractivity (Wildman–Crippen MR) is 198 cm³/mol. The van der Waals surface area contributed by atoms with Crippen molar-refractivity contribution in [1.29, 1.82) is 0 Å². The molecule has 0 aliphatic heterocycles. The van der Waals surface area contributed by atoms with Gasteiger partial charge in [-0.25, -0.2) is 0 Å². The predicted octanol–water partition coefficient (Wildman–Crippen LogP) is 10.4. The molecule has 4 aromatic rings. The summed E-state index contributed by atoms with van der Waals surface area (Å²) in [6.45, 7) is 19.2. The van der Waals surface area contributed by atoms with Crippen LogP contribution in [0.3, 0.4) is 0 Å². The lowest BCUT2D eigenvalue weighted by Gasteiger charge is -2.19. The third-order valence-electron chi connectivity index (χ3n) is 9.69. The largest absolute Gasteiger partial charge is 0.0775 e. The van der Waals surface area contributed by atoms with Crippen molar-refractivity contribution in [3.8, 4) is 22.3 Å². The van der Waals surface area contributed by atoms with E-state index >= 15 is 0 Å². The number of benzene rings is 4. The lowest BCUT2D eigenvalue weighted by molar-refractivity contribution is 0.876. The Bertz CT molecular complexity index is 1580. The first-order valence-corrected chi connectivity index (χ1v) is 24.4. The van der Waals surface area contributed by atoms with Gasteiger partial charge in [0.05, 0.1) is 16.1 Å². The molecule has 0 aromatic heterocycles. The Labute approximate surface area is 264 Å². The lowest BCUT2D eigenvalue weighted by atomic mass is 9.93. The van der Waals surface area contributed by atoms with Crippen molar-refractivity contribution in [2.75, 3.05) is 0 Å². The summed E-state index contributed by atoms with van der Waals surface area (Å²) in [6, 6.07) is 35.3. The summed E-state index contributed by atoms with van der Waals surface area (Å²) in [4.78, 5) is 0. The van der Waals surface area contributed by atoms with Gasteiger partial charge >= 0.3 is 0 Å². The van der Waals surface area contributed by atoms with Crippen molar-refractivity contribution in [2.45, 2.75) is 77.1 Å². The van der Waals surface area contributed by atoms with Crippen molar-refractivity contribution >= 4 is 48.2 Å². The Hall–Kier alpha value is -2.99. The Balaban J connectivity index is 1.18. The summed E-state index contributed by atoms with van der Waals surface area (Å²) in [6.07, 6.45) is 4.95. The summed E-state index contributed by atoms with van der Waals surface area (Å²) < 4.78 is 0. The summed E-state index contributed by atoms with van der Waals surface area (Å²) in [5, 5.41) is 3.05. The van der Waals surface area contributed by atoms with Gasteiger partial charge in [0, 0.05) is 21.4 Å². The number of hydrogen-bond acceptors (Lipinski definition) is 0. The minimum atomic E-state index is -1.30. The number of hydrogen-bond donors (Lipinski definition) is 0. The quantitative estimate of drug-likeness (QED) is 0.174. The van der Waals surface area contributed by atoms with Crippen LogP contribution in [0.4, 0.5) is 0 Å². The van der Waals surface area contributed by atoms with Crippen LogP contribution in [-0.2, 0) is 0 Å². The van der Waals surface area contributed by atoms with E-state index in [1.807, 2.05) is 0 Å². The van der Waals surface area contributed by atoms with Gasteiger partial charge in [0.15, 0.2) is 0 Å². The average Bonchev–Trinajstić information content (AvgIpc) is 3.47. The van der Waals surface area contributed by atoms with E-state index in [1.54, 1.807) is 0 Å². The Morgan fingerprint density at radius 1 is 0.512 bits per heavy atom. The van der Waals surface area contributed by atoms with Crippen LogP contribution >= 0.6 is 0 Å². The molecule has 0 saturated carbocycles. The summed E-state index contributed by atoms with van der Waals surface area (Å²) in [7, 11) is -1.66. The molecule has 2 aliphatic carbocycles. The highest BCUT2D eigenvalue weighted by Gasteiger charge is 2.28. The fourth-order valence-corrected chi connectivity index (χ4v) is 11.1. The van der Waals surface area contributed by atoms with E-state index in [4.69, 9.17) is 0 Å². The maximum atomic E-state index is 2.47. The zero-order chi connectivity index (χ0) is 30.5. The molecule has 2 aliphatic rings. The molecule has 0 fully saturated rings. The van der Waals surface area contributed by atoms with Crippen LogP contribution in [0, 0.1) is 0 Å². The van der Waals surface area contributed by atoms with Gasteiger partial charge in [-0.1, -0.05) is 170 Å². The second-order valence-corrected chi connectivity index (χ2v) is 26.3. The average molecular weight is 611 g/mol. The summed E-state index contributed by atoms with van der Waals surface area (Å²) in [5.74, 6) is 1.08. The molecule has 43 heavy (non-hydrogen) atoms. The number of allylic oxidation sites excluding steroid dienone is 2. The second-order valence-electron chi connectivity index (χ2n) is 14.8. The van der Waals surface area contributed by atoms with Crippen LogP contribution in [0.15, 0.2) is 96.1 Å². The van der Waals surface area contributed by atoms with Gasteiger partial charge in [0.25, 0.3) is 0 Å². The molecular weight excluding hydrogens is 565 g/mol. The maximum absolute atomic E-state index is 2.47. The fourth-order valence-electron chi connectivity index (χ4n) is 6.96.